The van der Waals surface area contributed by atoms with Crippen LogP contribution in [0.2, 0.25) is 0 Å². The summed E-state index contributed by atoms with van der Waals surface area (Å²) in [6.45, 7) is 20.0. The van der Waals surface area contributed by atoms with Gasteiger partial charge in [-0.1, -0.05) is 94.4 Å². The molecule has 0 N–H and O–H groups in total. The fraction of sp³-hybridized carbons (Fsp3) is 1.00. The van der Waals surface area contributed by atoms with E-state index in [0.717, 1.165) is 23.2 Å². The van der Waals surface area contributed by atoms with Crippen molar-refractivity contribution in [1.29, 1.82) is 0 Å². The lowest BCUT2D eigenvalue weighted by Gasteiger charge is -2.22. The zero-order valence-corrected chi connectivity index (χ0v) is 16.2. The molecule has 0 atom stereocenters. The highest BCUT2D eigenvalue weighted by Gasteiger charge is 2.30. The molecule has 2 fully saturated rings. The Morgan fingerprint density at radius 2 is 1.05 bits per heavy atom. The minimum atomic E-state index is 0.750. The lowest BCUT2D eigenvalue weighted by Crippen LogP contribution is -2.08. The van der Waals surface area contributed by atoms with Crippen LogP contribution in [0.3, 0.4) is 0 Å². The van der Waals surface area contributed by atoms with Gasteiger partial charge < -0.3 is 0 Å². The summed E-state index contributed by atoms with van der Waals surface area (Å²) in [5.74, 6) is 2.92. The second-order valence-electron chi connectivity index (χ2n) is 7.83. The van der Waals surface area contributed by atoms with Crippen LogP contribution < -0.4 is 0 Å². The molecule has 0 amide bonds. The molecule has 0 aromatic rings. The molecule has 2 aliphatic rings. The lowest BCUT2D eigenvalue weighted by atomic mass is 9.84. The van der Waals surface area contributed by atoms with Crippen LogP contribution in [0.5, 0.6) is 0 Å². The molecular weight excluding hydrogens is 240 g/mol. The molecule has 2 rings (SSSR count). The zero-order valence-electron chi connectivity index (χ0n) is 16.2. The summed E-state index contributed by atoms with van der Waals surface area (Å²) in [6.07, 6.45) is 10.1. The Morgan fingerprint density at radius 1 is 0.850 bits per heavy atom. The summed E-state index contributed by atoms with van der Waals surface area (Å²) in [5, 5.41) is 0. The highest BCUT2D eigenvalue weighted by Crippen LogP contribution is 2.43. The van der Waals surface area contributed by atoms with Gasteiger partial charge in [-0.2, -0.15) is 0 Å². The molecule has 2 aliphatic carbocycles. The third kappa shape index (κ3) is 18.0. The van der Waals surface area contributed by atoms with Gasteiger partial charge in [-0.25, -0.2) is 0 Å². The molecule has 0 nitrogen and oxygen atoms in total. The summed E-state index contributed by atoms with van der Waals surface area (Å²) >= 11 is 0. The summed E-state index contributed by atoms with van der Waals surface area (Å²) < 4.78 is 0. The highest BCUT2D eigenvalue weighted by atomic mass is 14.4. The largest absolute Gasteiger partial charge is 0.0683 e. The second kappa shape index (κ2) is 12.7. The predicted octanol–water partition coefficient (Wildman–Crippen LogP) is 7.72. The van der Waals surface area contributed by atoms with Crippen LogP contribution in [0, 0.1) is 23.2 Å². The smallest absolute Gasteiger partial charge is 0.0354 e. The van der Waals surface area contributed by atoms with Gasteiger partial charge in [0.05, 0.1) is 0 Å². The Kier molecular flexibility index (Phi) is 14.2. The molecule has 0 saturated heterocycles. The van der Waals surface area contributed by atoms with Gasteiger partial charge in [0.15, 0.2) is 0 Å². The first-order chi connectivity index (χ1) is 9.26. The maximum Gasteiger partial charge on any atom is -0.0354 e. The summed E-state index contributed by atoms with van der Waals surface area (Å²) in [6, 6.07) is 0. The van der Waals surface area contributed by atoms with Crippen LogP contribution in [0.4, 0.5) is 0 Å². The minimum Gasteiger partial charge on any atom is -0.0683 e. The van der Waals surface area contributed by atoms with Crippen LogP contribution in [0.1, 0.15) is 107 Å². The van der Waals surface area contributed by atoms with Crippen LogP contribution in [0.15, 0.2) is 0 Å². The summed E-state index contributed by atoms with van der Waals surface area (Å²) in [4.78, 5) is 0. The van der Waals surface area contributed by atoms with E-state index in [-0.39, 0.29) is 0 Å². The van der Waals surface area contributed by atoms with E-state index in [4.69, 9.17) is 0 Å². The molecule has 0 aromatic carbocycles. The first-order valence-electron chi connectivity index (χ1n) is 9.26. The van der Waals surface area contributed by atoms with Crippen molar-refractivity contribution < 1.29 is 0 Å². The van der Waals surface area contributed by atoms with Gasteiger partial charge in [-0.15, -0.1) is 0 Å². The highest BCUT2D eigenvalue weighted by molar-refractivity contribution is 4.82. The van der Waals surface area contributed by atoms with Crippen molar-refractivity contribution in [3.8, 4) is 0 Å². The van der Waals surface area contributed by atoms with E-state index in [9.17, 15) is 0 Å². The van der Waals surface area contributed by atoms with Gasteiger partial charge in [0, 0.05) is 0 Å². The maximum atomic E-state index is 2.37. The van der Waals surface area contributed by atoms with Gasteiger partial charge in [0.25, 0.3) is 0 Å². The van der Waals surface area contributed by atoms with Gasteiger partial charge >= 0.3 is 0 Å². The van der Waals surface area contributed by atoms with Crippen molar-refractivity contribution in [2.75, 3.05) is 0 Å². The molecule has 0 spiro atoms. The molecule has 0 heterocycles. The van der Waals surface area contributed by atoms with E-state index in [2.05, 4.69) is 48.5 Å². The fourth-order valence-corrected chi connectivity index (χ4v) is 1.68. The molecule has 0 radical (unpaired) electrons. The molecular formula is C20H44. The molecule has 0 unspecified atom stereocenters. The van der Waals surface area contributed by atoms with E-state index in [1.807, 2.05) is 13.8 Å². The average Bonchev–Trinajstić information content (AvgIpc) is 3.12. The Bertz CT molecular complexity index is 166. The monoisotopic (exact) mass is 284 g/mol. The minimum absolute atomic E-state index is 0.750. The predicted molar refractivity (Wildman–Crippen MR) is 96.3 cm³/mol. The standard InChI is InChI=1S/C8H16.C5H10.C5H12.C2H6/c1-7-3-5-8(2)6-4-7;1-5(2)3-4-5;1-4-5(2)3;1-2/h7-8H,3-6H2,1-2H3;3-4H2,1-2H3;5H,4H2,1-3H3;1-2H3. The molecule has 20 heavy (non-hydrogen) atoms. The first kappa shape index (κ1) is 22.3. The zero-order chi connectivity index (χ0) is 16.2. The Labute approximate surface area is 131 Å². The van der Waals surface area contributed by atoms with Crippen LogP contribution >= 0.6 is 0 Å². The summed E-state index contributed by atoms with van der Waals surface area (Å²) in [7, 11) is 0. The van der Waals surface area contributed by atoms with Crippen molar-refractivity contribution in [3.05, 3.63) is 0 Å². The van der Waals surface area contributed by atoms with Crippen LogP contribution in [-0.2, 0) is 0 Å². The SMILES string of the molecule is CC.CC1(C)CC1.CC1CCC(C)CC1.CCC(C)C. The summed E-state index contributed by atoms with van der Waals surface area (Å²) in [5.41, 5.74) is 0.750. The molecule has 0 bridgehead atoms. The first-order valence-corrected chi connectivity index (χ1v) is 9.26. The third-order valence-electron chi connectivity index (χ3n) is 4.37. The quantitative estimate of drug-likeness (QED) is 0.462. The molecule has 2 saturated carbocycles. The second-order valence-corrected chi connectivity index (χ2v) is 7.83. The number of rotatable bonds is 1. The van der Waals surface area contributed by atoms with Gasteiger partial charge in [-0.05, 0) is 36.0 Å². The Hall–Kier alpha value is 0. The average molecular weight is 285 g/mol. The van der Waals surface area contributed by atoms with E-state index >= 15 is 0 Å². The number of hydrogen-bond donors (Lipinski definition) is 0. The van der Waals surface area contributed by atoms with Gasteiger partial charge in [0.1, 0.15) is 0 Å². The molecule has 0 aromatic heterocycles. The van der Waals surface area contributed by atoms with Crippen molar-refractivity contribution in [2.24, 2.45) is 23.2 Å². The van der Waals surface area contributed by atoms with Gasteiger partial charge in [-0.3, -0.25) is 0 Å². The topological polar surface area (TPSA) is 0 Å². The van der Waals surface area contributed by atoms with Crippen molar-refractivity contribution in [1.82, 2.24) is 0 Å². The van der Waals surface area contributed by atoms with E-state index in [1.165, 1.54) is 44.9 Å². The molecule has 0 heteroatoms. The van der Waals surface area contributed by atoms with Gasteiger partial charge in [0.2, 0.25) is 0 Å². The van der Waals surface area contributed by atoms with Crippen LogP contribution in [-0.4, -0.2) is 0 Å². The van der Waals surface area contributed by atoms with Crippen molar-refractivity contribution in [2.45, 2.75) is 107 Å². The van der Waals surface area contributed by atoms with E-state index in [1.54, 1.807) is 0 Å². The van der Waals surface area contributed by atoms with Crippen LogP contribution in [0.25, 0.3) is 0 Å². The van der Waals surface area contributed by atoms with E-state index in [0.29, 0.717) is 0 Å². The molecule has 0 aliphatic heterocycles. The normalized spacial score (nSPS) is 26.1. The third-order valence-corrected chi connectivity index (χ3v) is 4.37. The van der Waals surface area contributed by atoms with E-state index < -0.39 is 0 Å². The Balaban J connectivity index is 0. The fourth-order valence-electron chi connectivity index (χ4n) is 1.68. The number of hydrogen-bond acceptors (Lipinski definition) is 0. The van der Waals surface area contributed by atoms with Crippen molar-refractivity contribution in [3.63, 3.8) is 0 Å². The Morgan fingerprint density at radius 3 is 1.15 bits per heavy atom. The van der Waals surface area contributed by atoms with Crippen molar-refractivity contribution >= 4 is 0 Å². The lowest BCUT2D eigenvalue weighted by molar-refractivity contribution is 0.308. The maximum absolute atomic E-state index is 2.37. The molecule has 124 valence electrons.